The first-order valence-electron chi connectivity index (χ1n) is 13.8. The van der Waals surface area contributed by atoms with Crippen LogP contribution in [0.25, 0.3) is 16.9 Å². The molecule has 1 aliphatic rings. The van der Waals surface area contributed by atoms with Gasteiger partial charge in [-0.25, -0.2) is 13.9 Å². The van der Waals surface area contributed by atoms with Gasteiger partial charge in [-0.3, -0.25) is 4.79 Å². The van der Waals surface area contributed by atoms with Gasteiger partial charge < -0.3 is 14.7 Å². The van der Waals surface area contributed by atoms with E-state index in [2.05, 4.69) is 29.1 Å². The monoisotopic (exact) mass is 542 g/mol. The third-order valence-corrected chi connectivity index (χ3v) is 8.32. The van der Waals surface area contributed by atoms with Crippen LogP contribution in [0.1, 0.15) is 74.9 Å². The highest BCUT2D eigenvalue weighted by molar-refractivity contribution is 6.47. The van der Waals surface area contributed by atoms with E-state index in [0.29, 0.717) is 41.0 Å². The molecule has 0 saturated heterocycles. The highest BCUT2D eigenvalue weighted by Gasteiger charge is 2.35. The van der Waals surface area contributed by atoms with E-state index in [-0.39, 0.29) is 19.4 Å². The maximum Gasteiger partial charge on any atom is 0.309 e. The normalized spacial score (nSPS) is 15.8. The molecule has 9 heteroatoms. The standard InChI is InChI=1S/C31H36BFN4O3/c1-7-22-17-27(29(38)36-15-14-20-10-8-9-11-23(20)19(36)2)34-28-18-26(35-37(22)28)24-13-12-21(16-25(24)33)32-40-31(5,6)30(3,4)39/h8-13,16-19,32,39H,7,14-15H2,1-6H3/t19-/m1/s1. The Labute approximate surface area is 235 Å². The number of carbonyl (C=O) groups is 1. The zero-order chi connectivity index (χ0) is 28.8. The Bertz CT molecular complexity index is 1580. The topological polar surface area (TPSA) is 80.0 Å². The van der Waals surface area contributed by atoms with Gasteiger partial charge in [-0.15, -0.1) is 0 Å². The van der Waals surface area contributed by atoms with E-state index in [1.165, 1.54) is 17.2 Å². The Kier molecular flexibility index (Phi) is 7.31. The highest BCUT2D eigenvalue weighted by atomic mass is 19.1. The van der Waals surface area contributed by atoms with Gasteiger partial charge in [0, 0.05) is 23.9 Å². The summed E-state index contributed by atoms with van der Waals surface area (Å²) in [6, 6.07) is 16.6. The Morgan fingerprint density at radius 1 is 1.15 bits per heavy atom. The van der Waals surface area contributed by atoms with Crippen molar-refractivity contribution in [2.75, 3.05) is 6.54 Å². The molecule has 1 aliphatic heterocycles. The van der Waals surface area contributed by atoms with Crippen LogP contribution >= 0.6 is 0 Å². The Hall–Kier alpha value is -3.56. The van der Waals surface area contributed by atoms with Crippen LogP contribution in [0.2, 0.25) is 0 Å². The summed E-state index contributed by atoms with van der Waals surface area (Å²) in [5, 5.41) is 15.0. The van der Waals surface area contributed by atoms with Crippen LogP contribution in [0.15, 0.2) is 54.6 Å². The molecule has 0 unspecified atom stereocenters. The molecule has 0 bridgehead atoms. The van der Waals surface area contributed by atoms with Gasteiger partial charge >= 0.3 is 7.48 Å². The lowest BCUT2D eigenvalue weighted by atomic mass is 9.82. The molecule has 1 atom stereocenters. The molecule has 0 spiro atoms. The van der Waals surface area contributed by atoms with Crippen molar-refractivity contribution in [3.05, 3.63) is 82.9 Å². The average Bonchev–Trinajstić information content (AvgIpc) is 3.35. The lowest BCUT2D eigenvalue weighted by Crippen LogP contribution is -2.49. The van der Waals surface area contributed by atoms with E-state index in [9.17, 15) is 9.90 Å². The van der Waals surface area contributed by atoms with Crippen LogP contribution in [-0.2, 0) is 17.5 Å². The number of aryl methyl sites for hydroxylation is 1. The van der Waals surface area contributed by atoms with Gasteiger partial charge in [-0.1, -0.05) is 43.3 Å². The molecule has 2 aromatic carbocycles. The van der Waals surface area contributed by atoms with Crippen LogP contribution in [0.4, 0.5) is 4.39 Å². The number of benzene rings is 2. The average molecular weight is 542 g/mol. The van der Waals surface area contributed by atoms with E-state index in [1.807, 2.05) is 24.0 Å². The van der Waals surface area contributed by atoms with Crippen LogP contribution in [0, 0.1) is 5.82 Å². The van der Waals surface area contributed by atoms with E-state index < -0.39 is 17.0 Å². The van der Waals surface area contributed by atoms with Gasteiger partial charge in [-0.2, -0.15) is 5.10 Å². The summed E-state index contributed by atoms with van der Waals surface area (Å²) in [6.07, 6.45) is 1.44. The minimum Gasteiger partial charge on any atom is -0.427 e. The summed E-state index contributed by atoms with van der Waals surface area (Å²) in [6.45, 7) is 11.6. The van der Waals surface area contributed by atoms with Gasteiger partial charge in [-0.05, 0) is 76.2 Å². The number of carbonyl (C=O) groups excluding carboxylic acids is 1. The van der Waals surface area contributed by atoms with Crippen molar-refractivity contribution >= 4 is 24.5 Å². The fourth-order valence-electron chi connectivity index (χ4n) is 5.02. The SMILES string of the molecule is CCc1cc(C(=O)N2CCc3ccccc3[C@H]2C)nc2cc(-c3ccc(BOC(C)(C)C(C)(C)O)cc3F)nn12. The van der Waals surface area contributed by atoms with Crippen molar-refractivity contribution in [3.8, 4) is 11.3 Å². The second kappa shape index (κ2) is 10.4. The molecule has 0 saturated carbocycles. The molecular weight excluding hydrogens is 506 g/mol. The summed E-state index contributed by atoms with van der Waals surface area (Å²) >= 11 is 0. The van der Waals surface area contributed by atoms with E-state index >= 15 is 4.39 Å². The first-order chi connectivity index (χ1) is 18.9. The third-order valence-electron chi connectivity index (χ3n) is 8.32. The van der Waals surface area contributed by atoms with Gasteiger partial charge in [0.2, 0.25) is 0 Å². The first kappa shape index (κ1) is 28.0. The zero-order valence-electron chi connectivity index (χ0n) is 24.0. The van der Waals surface area contributed by atoms with E-state index in [4.69, 9.17) is 4.65 Å². The molecule has 3 heterocycles. The molecule has 0 fully saturated rings. The van der Waals surface area contributed by atoms with Crippen LogP contribution < -0.4 is 5.46 Å². The zero-order valence-corrected chi connectivity index (χ0v) is 24.0. The number of nitrogens with zero attached hydrogens (tertiary/aromatic N) is 4. The lowest BCUT2D eigenvalue weighted by molar-refractivity contribution is -0.0893. The second-order valence-corrected chi connectivity index (χ2v) is 11.6. The lowest BCUT2D eigenvalue weighted by Gasteiger charge is -2.37. The number of halogens is 1. The quantitative estimate of drug-likeness (QED) is 0.351. The summed E-state index contributed by atoms with van der Waals surface area (Å²) < 4.78 is 22.9. The first-order valence-corrected chi connectivity index (χ1v) is 13.8. The molecule has 5 rings (SSSR count). The van der Waals surface area contributed by atoms with Crippen molar-refractivity contribution in [2.45, 2.75) is 71.6 Å². The highest BCUT2D eigenvalue weighted by Crippen LogP contribution is 2.31. The Morgan fingerprint density at radius 2 is 1.90 bits per heavy atom. The Morgan fingerprint density at radius 3 is 2.60 bits per heavy atom. The van der Waals surface area contributed by atoms with Gasteiger partial charge in [0.05, 0.1) is 22.9 Å². The number of amides is 1. The number of rotatable bonds is 7. The number of aliphatic hydroxyl groups is 1. The van der Waals surface area contributed by atoms with Gasteiger partial charge in [0.1, 0.15) is 11.5 Å². The van der Waals surface area contributed by atoms with E-state index in [0.717, 1.165) is 12.1 Å². The largest absolute Gasteiger partial charge is 0.427 e. The molecule has 0 aliphatic carbocycles. The summed E-state index contributed by atoms with van der Waals surface area (Å²) in [5.41, 5.74) is 3.70. The van der Waals surface area contributed by atoms with Gasteiger partial charge in [0.15, 0.2) is 5.65 Å². The molecule has 1 N–H and O–H groups in total. The fraction of sp³-hybridized carbons (Fsp3) is 0.387. The summed E-state index contributed by atoms with van der Waals surface area (Å²) in [5.74, 6) is -0.549. The smallest absolute Gasteiger partial charge is 0.309 e. The van der Waals surface area contributed by atoms with E-state index in [1.54, 1.807) is 56.5 Å². The molecule has 7 nitrogen and oxygen atoms in total. The minimum atomic E-state index is -1.05. The predicted molar refractivity (Wildman–Crippen MR) is 156 cm³/mol. The Balaban J connectivity index is 1.42. The molecule has 40 heavy (non-hydrogen) atoms. The van der Waals surface area contributed by atoms with Gasteiger partial charge in [0.25, 0.3) is 5.91 Å². The van der Waals surface area contributed by atoms with Crippen LogP contribution in [-0.4, -0.2) is 55.7 Å². The van der Waals surface area contributed by atoms with Crippen molar-refractivity contribution in [1.82, 2.24) is 19.5 Å². The van der Waals surface area contributed by atoms with Crippen molar-refractivity contribution in [3.63, 3.8) is 0 Å². The predicted octanol–water partition coefficient (Wildman–Crippen LogP) is 4.40. The molecule has 0 radical (unpaired) electrons. The number of hydrogen-bond acceptors (Lipinski definition) is 5. The molecule has 1 amide bonds. The maximum atomic E-state index is 15.3. The van der Waals surface area contributed by atoms with Crippen LogP contribution in [0.5, 0.6) is 0 Å². The molecule has 2 aromatic heterocycles. The third kappa shape index (κ3) is 5.16. The fourth-order valence-corrected chi connectivity index (χ4v) is 5.02. The van der Waals surface area contributed by atoms with Crippen molar-refractivity contribution < 1.29 is 18.9 Å². The number of fused-ring (bicyclic) bond motifs is 2. The molecule has 208 valence electrons. The molecule has 4 aromatic rings. The summed E-state index contributed by atoms with van der Waals surface area (Å²) in [7, 11) is 0.158. The number of aromatic nitrogens is 3. The minimum absolute atomic E-state index is 0.0494. The van der Waals surface area contributed by atoms with Crippen molar-refractivity contribution in [2.24, 2.45) is 0 Å². The molecular formula is C31H36BFN4O3. The number of hydrogen-bond donors (Lipinski definition) is 1. The van der Waals surface area contributed by atoms with Crippen LogP contribution in [0.3, 0.4) is 0 Å². The maximum absolute atomic E-state index is 15.3. The summed E-state index contributed by atoms with van der Waals surface area (Å²) in [4.78, 5) is 20.2. The van der Waals surface area contributed by atoms with Crippen molar-refractivity contribution in [1.29, 1.82) is 0 Å². The second-order valence-electron chi connectivity index (χ2n) is 11.6.